The molecule has 0 aliphatic carbocycles. The van der Waals surface area contributed by atoms with E-state index in [1.807, 2.05) is 0 Å². The van der Waals surface area contributed by atoms with E-state index < -0.39 is 18.0 Å². The Morgan fingerprint density at radius 1 is 1.03 bits per heavy atom. The number of ether oxygens (including phenoxy) is 2. The number of alkyl carbamates (subject to hydrolysis) is 1. The maximum Gasteiger partial charge on any atom is 0.413 e. The minimum absolute atomic E-state index is 0.00169. The monoisotopic (exact) mass is 476 g/mol. The maximum absolute atomic E-state index is 12.3. The second kappa shape index (κ2) is 16.2. The lowest BCUT2D eigenvalue weighted by molar-refractivity contribution is -0.148. The van der Waals surface area contributed by atoms with Crippen LogP contribution in [0.5, 0.6) is 0 Å². The van der Waals surface area contributed by atoms with Gasteiger partial charge in [-0.15, -0.1) is 0 Å². The zero-order valence-corrected chi connectivity index (χ0v) is 20.5. The first kappa shape index (κ1) is 27.6. The fourth-order valence-corrected chi connectivity index (χ4v) is 5.08. The molecule has 0 saturated carbocycles. The Bertz CT molecular complexity index is 584. The SMILES string of the molecule is CCCC(CCC)C(=O)OCCSSCCOC(=O)NC(=O)C(CC)N1CCCC1=O. The summed E-state index contributed by atoms with van der Waals surface area (Å²) in [5.74, 6) is 0.541. The molecule has 1 rings (SSSR count). The predicted molar refractivity (Wildman–Crippen MR) is 124 cm³/mol. The van der Waals surface area contributed by atoms with Crippen molar-refractivity contribution in [2.75, 3.05) is 31.3 Å². The zero-order valence-electron chi connectivity index (χ0n) is 18.9. The molecule has 31 heavy (non-hydrogen) atoms. The Morgan fingerprint density at radius 3 is 2.16 bits per heavy atom. The lowest BCUT2D eigenvalue weighted by Gasteiger charge is -2.25. The van der Waals surface area contributed by atoms with Crippen molar-refractivity contribution in [1.82, 2.24) is 10.2 Å². The number of carbonyl (C=O) groups is 4. The summed E-state index contributed by atoms with van der Waals surface area (Å²) >= 11 is 0. The summed E-state index contributed by atoms with van der Waals surface area (Å²) in [5.41, 5.74) is 0. The van der Waals surface area contributed by atoms with E-state index in [2.05, 4.69) is 19.2 Å². The third-order valence-corrected chi connectivity index (χ3v) is 7.24. The molecule has 10 heteroatoms. The Kier molecular flexibility index (Phi) is 14.5. The molecule has 1 aliphatic rings. The number of nitrogens with one attached hydrogen (secondary N) is 1. The number of esters is 1. The van der Waals surface area contributed by atoms with Crippen LogP contribution >= 0.6 is 21.6 Å². The zero-order chi connectivity index (χ0) is 23.1. The molecular formula is C21H36N2O6S2. The van der Waals surface area contributed by atoms with E-state index in [9.17, 15) is 19.2 Å². The number of nitrogens with zero attached hydrogens (tertiary/aromatic N) is 1. The summed E-state index contributed by atoms with van der Waals surface area (Å²) in [6, 6.07) is -0.635. The van der Waals surface area contributed by atoms with Crippen LogP contribution in [0.25, 0.3) is 0 Å². The summed E-state index contributed by atoms with van der Waals surface area (Å²) in [6.07, 6.45) is 4.50. The Labute approximate surface area is 193 Å². The molecule has 0 bridgehead atoms. The summed E-state index contributed by atoms with van der Waals surface area (Å²) in [4.78, 5) is 49.4. The van der Waals surface area contributed by atoms with Crippen LogP contribution in [0.2, 0.25) is 0 Å². The van der Waals surface area contributed by atoms with Gasteiger partial charge in [-0.25, -0.2) is 4.79 Å². The van der Waals surface area contributed by atoms with Crippen molar-refractivity contribution in [3.63, 3.8) is 0 Å². The van der Waals surface area contributed by atoms with Crippen LogP contribution in [0.15, 0.2) is 0 Å². The van der Waals surface area contributed by atoms with Crippen molar-refractivity contribution in [2.45, 2.75) is 71.8 Å². The molecule has 1 saturated heterocycles. The van der Waals surface area contributed by atoms with Gasteiger partial charge in [-0.2, -0.15) is 0 Å². The average Bonchev–Trinajstić information content (AvgIpc) is 3.15. The predicted octanol–water partition coefficient (Wildman–Crippen LogP) is 3.78. The second-order valence-electron chi connectivity index (χ2n) is 7.33. The maximum atomic E-state index is 12.3. The lowest BCUT2D eigenvalue weighted by atomic mass is 9.99. The molecule has 8 nitrogen and oxygen atoms in total. The summed E-state index contributed by atoms with van der Waals surface area (Å²) in [7, 11) is 3.05. The van der Waals surface area contributed by atoms with Crippen LogP contribution in [-0.2, 0) is 23.9 Å². The van der Waals surface area contributed by atoms with Crippen molar-refractivity contribution in [3.8, 4) is 0 Å². The molecule has 1 fully saturated rings. The normalized spacial score (nSPS) is 14.6. The topological polar surface area (TPSA) is 102 Å². The molecule has 178 valence electrons. The van der Waals surface area contributed by atoms with Gasteiger partial charge in [-0.05, 0) is 25.7 Å². The Morgan fingerprint density at radius 2 is 1.65 bits per heavy atom. The molecule has 1 N–H and O–H groups in total. The molecular weight excluding hydrogens is 440 g/mol. The highest BCUT2D eigenvalue weighted by Gasteiger charge is 2.32. The van der Waals surface area contributed by atoms with Gasteiger partial charge < -0.3 is 14.4 Å². The van der Waals surface area contributed by atoms with Crippen molar-refractivity contribution >= 4 is 45.5 Å². The van der Waals surface area contributed by atoms with Gasteiger partial charge in [-0.1, -0.05) is 55.2 Å². The van der Waals surface area contributed by atoms with Crippen molar-refractivity contribution in [2.24, 2.45) is 5.92 Å². The number of carbonyl (C=O) groups excluding carboxylic acids is 4. The Hall–Kier alpha value is -1.42. The molecule has 1 unspecified atom stereocenters. The summed E-state index contributed by atoms with van der Waals surface area (Å²) in [6.45, 7) is 7.00. The fourth-order valence-electron chi connectivity index (χ4n) is 3.42. The van der Waals surface area contributed by atoms with Crippen molar-refractivity contribution in [1.29, 1.82) is 0 Å². The highest BCUT2D eigenvalue weighted by atomic mass is 33.1. The largest absolute Gasteiger partial charge is 0.465 e. The van der Waals surface area contributed by atoms with Crippen molar-refractivity contribution in [3.05, 3.63) is 0 Å². The molecule has 0 aromatic heterocycles. The second-order valence-corrected chi connectivity index (χ2v) is 10.0. The first-order valence-corrected chi connectivity index (χ1v) is 13.6. The van der Waals surface area contributed by atoms with Crippen LogP contribution < -0.4 is 5.32 Å². The quantitative estimate of drug-likeness (QED) is 0.216. The summed E-state index contributed by atoms with van der Waals surface area (Å²) in [5, 5.41) is 2.22. The molecule has 1 aliphatic heterocycles. The first-order chi connectivity index (χ1) is 14.9. The van der Waals surface area contributed by atoms with E-state index in [-0.39, 0.29) is 24.4 Å². The number of imide groups is 1. The van der Waals surface area contributed by atoms with Gasteiger partial charge in [0.25, 0.3) is 5.91 Å². The van der Waals surface area contributed by atoms with E-state index in [0.29, 0.717) is 37.5 Å². The number of hydrogen-bond acceptors (Lipinski definition) is 8. The van der Waals surface area contributed by atoms with Crippen LogP contribution in [-0.4, -0.2) is 66.1 Å². The minimum atomic E-state index is -0.799. The van der Waals surface area contributed by atoms with Crippen LogP contribution in [0, 0.1) is 5.92 Å². The van der Waals surface area contributed by atoms with E-state index in [1.165, 1.54) is 15.7 Å². The van der Waals surface area contributed by atoms with Crippen LogP contribution in [0.1, 0.15) is 65.7 Å². The highest BCUT2D eigenvalue weighted by Crippen LogP contribution is 2.21. The number of amides is 3. The fraction of sp³-hybridized carbons (Fsp3) is 0.810. The molecule has 0 spiro atoms. The highest BCUT2D eigenvalue weighted by molar-refractivity contribution is 8.76. The van der Waals surface area contributed by atoms with E-state index in [1.54, 1.807) is 17.7 Å². The smallest absolute Gasteiger partial charge is 0.413 e. The number of rotatable bonds is 15. The third kappa shape index (κ3) is 10.6. The third-order valence-electron chi connectivity index (χ3n) is 4.90. The molecule has 0 aromatic carbocycles. The molecule has 1 heterocycles. The molecule has 0 radical (unpaired) electrons. The van der Waals surface area contributed by atoms with Gasteiger partial charge in [0, 0.05) is 24.5 Å². The van der Waals surface area contributed by atoms with E-state index >= 15 is 0 Å². The Balaban J connectivity index is 2.11. The lowest BCUT2D eigenvalue weighted by Crippen LogP contribution is -2.48. The van der Waals surface area contributed by atoms with Gasteiger partial charge in [0.05, 0.1) is 5.92 Å². The molecule has 0 aromatic rings. The van der Waals surface area contributed by atoms with Gasteiger partial charge in [0.2, 0.25) is 5.91 Å². The number of likely N-dealkylation sites (tertiary alicyclic amines) is 1. The summed E-state index contributed by atoms with van der Waals surface area (Å²) < 4.78 is 10.4. The number of hydrogen-bond donors (Lipinski definition) is 1. The average molecular weight is 477 g/mol. The van der Waals surface area contributed by atoms with E-state index in [4.69, 9.17) is 9.47 Å². The molecule has 3 amide bonds. The van der Waals surface area contributed by atoms with Gasteiger partial charge >= 0.3 is 12.1 Å². The van der Waals surface area contributed by atoms with Crippen LogP contribution in [0.3, 0.4) is 0 Å². The minimum Gasteiger partial charge on any atom is -0.465 e. The first-order valence-electron chi connectivity index (χ1n) is 11.1. The van der Waals surface area contributed by atoms with Gasteiger partial charge in [0.1, 0.15) is 19.3 Å². The molecule has 1 atom stereocenters. The van der Waals surface area contributed by atoms with Crippen molar-refractivity contribution < 1.29 is 28.7 Å². The van der Waals surface area contributed by atoms with Gasteiger partial charge in [0.15, 0.2) is 0 Å². The van der Waals surface area contributed by atoms with Gasteiger partial charge in [-0.3, -0.25) is 19.7 Å². The van der Waals surface area contributed by atoms with Crippen LogP contribution in [0.4, 0.5) is 4.79 Å². The van der Waals surface area contributed by atoms with E-state index in [0.717, 1.165) is 32.1 Å². The standard InChI is InChI=1S/C21H36N2O6S2/c1-4-8-16(9-5-2)20(26)28-12-14-30-31-15-13-29-21(27)22-19(25)17(6-3)23-11-7-10-18(23)24/h16-17H,4-15H2,1-3H3,(H,22,25,27).